The zero-order valence-corrected chi connectivity index (χ0v) is 20.2. The van der Waals surface area contributed by atoms with Gasteiger partial charge in [0.05, 0.1) is 6.10 Å². The van der Waals surface area contributed by atoms with E-state index in [0.29, 0.717) is 53.1 Å². The molecule has 4 rings (SSSR count). The Balaban J connectivity index is 1.59. The van der Waals surface area contributed by atoms with E-state index in [9.17, 15) is 9.90 Å². The van der Waals surface area contributed by atoms with E-state index >= 15 is 0 Å². The summed E-state index contributed by atoms with van der Waals surface area (Å²) in [5.74, 6) is 4.12. The number of hydrogen-bond acceptors (Lipinski definition) is 2. The number of carbonyl (C=O) groups is 1. The molecule has 3 saturated carbocycles. The number of fused-ring (bicyclic) bond motifs is 5. The van der Waals surface area contributed by atoms with Crippen LogP contribution in [0.5, 0.6) is 0 Å². The van der Waals surface area contributed by atoms with Gasteiger partial charge in [-0.1, -0.05) is 59.3 Å². The minimum Gasteiger partial charge on any atom is -0.393 e. The van der Waals surface area contributed by atoms with Crippen molar-refractivity contribution < 1.29 is 9.90 Å². The van der Waals surface area contributed by atoms with Crippen LogP contribution in [0.4, 0.5) is 0 Å². The summed E-state index contributed by atoms with van der Waals surface area (Å²) >= 11 is 0. The van der Waals surface area contributed by atoms with Gasteiger partial charge >= 0.3 is 0 Å². The minimum atomic E-state index is -0.285. The fraction of sp³-hybridized carbons (Fsp3) is 0.821. The molecule has 0 bridgehead atoms. The maximum Gasteiger partial charge on any atom is 0.159 e. The summed E-state index contributed by atoms with van der Waals surface area (Å²) in [4.78, 5) is 13.2. The molecular weight excluding hydrogens is 368 g/mol. The molecule has 0 amide bonds. The lowest BCUT2D eigenvalue weighted by molar-refractivity contribution is -0.132. The Kier molecular flexibility index (Phi) is 5.88. The summed E-state index contributed by atoms with van der Waals surface area (Å²) in [6, 6.07) is 0. The van der Waals surface area contributed by atoms with E-state index in [4.69, 9.17) is 0 Å². The van der Waals surface area contributed by atoms with Crippen LogP contribution < -0.4 is 0 Å². The monoisotopic (exact) mass is 412 g/mol. The van der Waals surface area contributed by atoms with Crippen LogP contribution >= 0.6 is 0 Å². The van der Waals surface area contributed by atoms with Gasteiger partial charge in [0.25, 0.3) is 0 Å². The number of hydrogen-bond donors (Lipinski definition) is 1. The highest BCUT2D eigenvalue weighted by molar-refractivity contribution is 5.94. The molecule has 0 radical (unpaired) electrons. The minimum absolute atomic E-state index is 0.0379. The van der Waals surface area contributed by atoms with Gasteiger partial charge in [-0.2, -0.15) is 0 Å². The van der Waals surface area contributed by atoms with Crippen molar-refractivity contribution in [3.8, 4) is 0 Å². The molecular formula is C28H44O2. The maximum atomic E-state index is 13.2. The molecule has 0 aliphatic heterocycles. The molecule has 0 aromatic rings. The van der Waals surface area contributed by atoms with Crippen LogP contribution in [0.25, 0.3) is 0 Å². The SMILES string of the molecule is CC(C)[C@@H](C)C=C[C@@H](C)[C@H]1CC[C@H]2C3=CC(=O)C4C[C@@H](O)CC[C@]4(C)[C@H]3CC[C@]12C. The van der Waals surface area contributed by atoms with Crippen molar-refractivity contribution >= 4 is 5.78 Å². The first kappa shape index (κ1) is 22.3. The molecule has 2 heteroatoms. The summed E-state index contributed by atoms with van der Waals surface area (Å²) in [6.07, 6.45) is 14.3. The number of allylic oxidation sites excluding steroid dienone is 4. The lowest BCUT2D eigenvalue weighted by Gasteiger charge is -2.57. The molecule has 1 N–H and O–H groups in total. The summed E-state index contributed by atoms with van der Waals surface area (Å²) in [6.45, 7) is 14.3. The third kappa shape index (κ3) is 3.46. The van der Waals surface area contributed by atoms with Crippen molar-refractivity contribution in [2.45, 2.75) is 92.6 Å². The lowest BCUT2D eigenvalue weighted by atomic mass is 9.47. The van der Waals surface area contributed by atoms with Gasteiger partial charge in [0.2, 0.25) is 0 Å². The Morgan fingerprint density at radius 2 is 1.60 bits per heavy atom. The molecule has 1 unspecified atom stereocenters. The first-order valence-corrected chi connectivity index (χ1v) is 12.7. The van der Waals surface area contributed by atoms with Crippen LogP contribution in [0.1, 0.15) is 86.5 Å². The standard InChI is InChI=1S/C28H44O2/c1-17(2)18(3)7-8-19(4)22-9-10-23-21-16-26(30)25-15-20(29)11-13-28(25,6)24(21)12-14-27(22,23)5/h7-8,16-20,22-25,29H,9-15H2,1-6H3/t18-,19+,20-,22+,23-,24-,25?,27+,28+/m0/s1. The van der Waals surface area contributed by atoms with E-state index in [1.807, 2.05) is 0 Å². The van der Waals surface area contributed by atoms with Gasteiger partial charge in [0.1, 0.15) is 0 Å². The molecule has 0 aromatic heterocycles. The van der Waals surface area contributed by atoms with E-state index in [2.05, 4.69) is 59.8 Å². The van der Waals surface area contributed by atoms with Gasteiger partial charge in [-0.05, 0) is 97.4 Å². The highest BCUT2D eigenvalue weighted by atomic mass is 16.3. The topological polar surface area (TPSA) is 37.3 Å². The smallest absolute Gasteiger partial charge is 0.159 e. The molecule has 3 fully saturated rings. The highest BCUT2D eigenvalue weighted by Gasteiger charge is 2.59. The zero-order chi connectivity index (χ0) is 21.8. The largest absolute Gasteiger partial charge is 0.393 e. The van der Waals surface area contributed by atoms with Crippen molar-refractivity contribution in [3.05, 3.63) is 23.8 Å². The second-order valence-electron chi connectivity index (χ2n) is 12.2. The molecule has 2 nitrogen and oxygen atoms in total. The molecule has 4 aliphatic rings. The van der Waals surface area contributed by atoms with Crippen molar-refractivity contribution in [1.29, 1.82) is 0 Å². The molecule has 0 saturated heterocycles. The second kappa shape index (κ2) is 7.91. The summed E-state index contributed by atoms with van der Waals surface area (Å²) < 4.78 is 0. The van der Waals surface area contributed by atoms with Crippen molar-refractivity contribution in [1.82, 2.24) is 0 Å². The molecule has 9 atom stereocenters. The van der Waals surface area contributed by atoms with Crippen molar-refractivity contribution in [3.63, 3.8) is 0 Å². The lowest BCUT2D eigenvalue weighted by Crippen LogP contribution is -2.52. The van der Waals surface area contributed by atoms with E-state index < -0.39 is 0 Å². The van der Waals surface area contributed by atoms with Crippen LogP contribution in [-0.4, -0.2) is 17.0 Å². The zero-order valence-electron chi connectivity index (χ0n) is 20.2. The second-order valence-corrected chi connectivity index (χ2v) is 12.2. The predicted octanol–water partition coefficient (Wildman–Crippen LogP) is 6.59. The summed E-state index contributed by atoms with van der Waals surface area (Å²) in [5, 5.41) is 10.2. The molecule has 0 spiro atoms. The third-order valence-corrected chi connectivity index (χ3v) is 10.4. The molecule has 0 heterocycles. The summed E-state index contributed by atoms with van der Waals surface area (Å²) in [7, 11) is 0. The van der Waals surface area contributed by atoms with Crippen LogP contribution in [0.2, 0.25) is 0 Å². The van der Waals surface area contributed by atoms with Crippen molar-refractivity contribution in [2.75, 3.05) is 0 Å². The maximum absolute atomic E-state index is 13.2. The molecule has 0 aromatic carbocycles. The van der Waals surface area contributed by atoms with Crippen LogP contribution in [0, 0.1) is 52.3 Å². The Morgan fingerprint density at radius 3 is 2.30 bits per heavy atom. The normalized spacial score (nSPS) is 45.7. The fourth-order valence-corrected chi connectivity index (χ4v) is 7.95. The predicted molar refractivity (Wildman–Crippen MR) is 124 cm³/mol. The third-order valence-electron chi connectivity index (χ3n) is 10.4. The van der Waals surface area contributed by atoms with Gasteiger partial charge in [0.15, 0.2) is 5.78 Å². The Morgan fingerprint density at radius 1 is 0.933 bits per heavy atom. The van der Waals surface area contributed by atoms with Gasteiger partial charge in [-0.25, -0.2) is 0 Å². The number of rotatable bonds is 4. The average molecular weight is 413 g/mol. The van der Waals surface area contributed by atoms with Crippen LogP contribution in [-0.2, 0) is 4.79 Å². The van der Waals surface area contributed by atoms with Gasteiger partial charge in [-0.3, -0.25) is 4.79 Å². The van der Waals surface area contributed by atoms with E-state index in [-0.39, 0.29) is 17.4 Å². The van der Waals surface area contributed by atoms with Gasteiger partial charge in [0, 0.05) is 5.92 Å². The van der Waals surface area contributed by atoms with E-state index in [0.717, 1.165) is 12.8 Å². The van der Waals surface area contributed by atoms with E-state index in [1.54, 1.807) is 0 Å². The van der Waals surface area contributed by atoms with Gasteiger partial charge in [-0.15, -0.1) is 0 Å². The van der Waals surface area contributed by atoms with Crippen molar-refractivity contribution in [2.24, 2.45) is 52.3 Å². The summed E-state index contributed by atoms with van der Waals surface area (Å²) in [5.41, 5.74) is 1.89. The number of ketones is 1. The quantitative estimate of drug-likeness (QED) is 0.529. The van der Waals surface area contributed by atoms with Gasteiger partial charge < -0.3 is 5.11 Å². The number of carbonyl (C=O) groups excluding carboxylic acids is 1. The number of aliphatic hydroxyl groups excluding tert-OH is 1. The van der Waals surface area contributed by atoms with Crippen LogP contribution in [0.3, 0.4) is 0 Å². The first-order valence-electron chi connectivity index (χ1n) is 12.7. The van der Waals surface area contributed by atoms with E-state index in [1.165, 1.54) is 31.3 Å². The molecule has 4 aliphatic carbocycles. The number of aliphatic hydroxyl groups is 1. The first-order chi connectivity index (χ1) is 14.1. The van der Waals surface area contributed by atoms with Crippen LogP contribution in [0.15, 0.2) is 23.8 Å². The highest BCUT2D eigenvalue weighted by Crippen LogP contribution is 2.66. The molecule has 30 heavy (non-hydrogen) atoms. The Labute approximate surface area is 184 Å². The Hall–Kier alpha value is -0.890. The molecule has 168 valence electrons. The fourth-order valence-electron chi connectivity index (χ4n) is 7.95. The average Bonchev–Trinajstić information content (AvgIpc) is 3.04. The Bertz CT molecular complexity index is 733.